The molecule has 0 heterocycles. The van der Waals surface area contributed by atoms with Gasteiger partial charge in [0.1, 0.15) is 0 Å². The maximum absolute atomic E-state index is 12.1. The van der Waals surface area contributed by atoms with Crippen molar-refractivity contribution in [2.45, 2.75) is 6.42 Å². The molecule has 0 saturated heterocycles. The Kier molecular flexibility index (Phi) is 6.84. The van der Waals surface area contributed by atoms with Gasteiger partial charge < -0.3 is 15.5 Å². The van der Waals surface area contributed by atoms with E-state index in [1.165, 1.54) is 0 Å². The number of hydrogen-bond donors (Lipinski definition) is 2. The average molecular weight is 425 g/mol. The van der Waals surface area contributed by atoms with Gasteiger partial charge in [-0.05, 0) is 42.5 Å². The van der Waals surface area contributed by atoms with E-state index in [1.54, 1.807) is 36.4 Å². The van der Waals surface area contributed by atoms with Crippen molar-refractivity contribution >= 4 is 50.7 Å². The fourth-order valence-corrected chi connectivity index (χ4v) is 2.64. The average Bonchev–Trinajstić information content (AvgIpc) is 2.55. The molecule has 25 heavy (non-hydrogen) atoms. The standard InChI is InChI=1S/C18H19BrClN3O2/c1-23(2)16-8-7-14(20)11-15(16)22-17(24)9-10-21-18(25)12-3-5-13(19)6-4-12/h3-8,11H,9-10H2,1-2H3,(H,21,25)(H,22,24). The number of hydrogen-bond acceptors (Lipinski definition) is 3. The van der Waals surface area contributed by atoms with Crippen LogP contribution in [0.25, 0.3) is 0 Å². The van der Waals surface area contributed by atoms with Crippen molar-refractivity contribution in [1.29, 1.82) is 0 Å². The van der Waals surface area contributed by atoms with Crippen LogP contribution in [0, 0.1) is 0 Å². The summed E-state index contributed by atoms with van der Waals surface area (Å²) in [4.78, 5) is 26.0. The van der Waals surface area contributed by atoms with Crippen LogP contribution in [0.5, 0.6) is 0 Å². The molecule has 0 bridgehead atoms. The Morgan fingerprint density at radius 3 is 2.44 bits per heavy atom. The summed E-state index contributed by atoms with van der Waals surface area (Å²) in [6.45, 7) is 0.249. The van der Waals surface area contributed by atoms with Crippen LogP contribution in [-0.2, 0) is 4.79 Å². The number of carbonyl (C=O) groups is 2. The van der Waals surface area contributed by atoms with Crippen LogP contribution in [0.15, 0.2) is 46.9 Å². The molecule has 0 aliphatic carbocycles. The molecule has 0 unspecified atom stereocenters. The third-order valence-electron chi connectivity index (χ3n) is 3.46. The Labute approximate surface area is 160 Å². The van der Waals surface area contributed by atoms with Gasteiger partial charge in [-0.15, -0.1) is 0 Å². The van der Waals surface area contributed by atoms with Gasteiger partial charge in [0.2, 0.25) is 5.91 Å². The first-order valence-corrected chi connectivity index (χ1v) is 8.84. The van der Waals surface area contributed by atoms with E-state index in [9.17, 15) is 9.59 Å². The monoisotopic (exact) mass is 423 g/mol. The third-order valence-corrected chi connectivity index (χ3v) is 4.22. The van der Waals surface area contributed by atoms with Crippen LogP contribution in [0.1, 0.15) is 16.8 Å². The zero-order valence-corrected chi connectivity index (χ0v) is 16.3. The Balaban J connectivity index is 1.88. The van der Waals surface area contributed by atoms with Crippen molar-refractivity contribution < 1.29 is 9.59 Å². The molecule has 0 aliphatic heterocycles. The number of nitrogens with zero attached hydrogens (tertiary/aromatic N) is 1. The van der Waals surface area contributed by atoms with Crippen molar-refractivity contribution in [2.24, 2.45) is 0 Å². The molecule has 2 rings (SSSR count). The number of amides is 2. The zero-order chi connectivity index (χ0) is 18.4. The molecule has 5 nitrogen and oxygen atoms in total. The summed E-state index contributed by atoms with van der Waals surface area (Å²) in [5, 5.41) is 6.11. The third kappa shape index (κ3) is 5.76. The smallest absolute Gasteiger partial charge is 0.251 e. The highest BCUT2D eigenvalue weighted by Gasteiger charge is 2.10. The number of halogens is 2. The first-order valence-electron chi connectivity index (χ1n) is 7.67. The van der Waals surface area contributed by atoms with Gasteiger partial charge in [-0.25, -0.2) is 0 Å². The lowest BCUT2D eigenvalue weighted by Gasteiger charge is -2.18. The van der Waals surface area contributed by atoms with Crippen LogP contribution in [0.2, 0.25) is 5.02 Å². The molecule has 2 N–H and O–H groups in total. The molecule has 2 aromatic carbocycles. The van der Waals surface area contributed by atoms with E-state index in [2.05, 4.69) is 26.6 Å². The maximum atomic E-state index is 12.1. The molecule has 2 amide bonds. The number of benzene rings is 2. The lowest BCUT2D eigenvalue weighted by molar-refractivity contribution is -0.116. The molecule has 0 aliphatic rings. The van der Waals surface area contributed by atoms with Crippen LogP contribution in [0.3, 0.4) is 0 Å². The Hall–Kier alpha value is -2.05. The van der Waals surface area contributed by atoms with Crippen LogP contribution in [0.4, 0.5) is 11.4 Å². The lowest BCUT2D eigenvalue weighted by atomic mass is 10.2. The molecule has 0 saturated carbocycles. The summed E-state index contributed by atoms with van der Waals surface area (Å²) >= 11 is 9.32. The van der Waals surface area contributed by atoms with E-state index in [4.69, 9.17) is 11.6 Å². The van der Waals surface area contributed by atoms with Gasteiger partial charge in [-0.3, -0.25) is 9.59 Å². The van der Waals surface area contributed by atoms with E-state index >= 15 is 0 Å². The molecule has 7 heteroatoms. The Bertz CT molecular complexity index is 763. The second kappa shape index (κ2) is 8.87. The summed E-state index contributed by atoms with van der Waals surface area (Å²) in [5.41, 5.74) is 2.05. The fourth-order valence-electron chi connectivity index (χ4n) is 2.20. The first kappa shape index (κ1) is 19.3. The predicted octanol–water partition coefficient (Wildman–Crippen LogP) is 3.93. The molecule has 0 radical (unpaired) electrons. The fraction of sp³-hybridized carbons (Fsp3) is 0.222. The van der Waals surface area contributed by atoms with Gasteiger partial charge in [0.15, 0.2) is 0 Å². The van der Waals surface area contributed by atoms with Gasteiger partial charge in [-0.2, -0.15) is 0 Å². The summed E-state index contributed by atoms with van der Waals surface area (Å²) < 4.78 is 0.904. The van der Waals surface area contributed by atoms with Crippen molar-refractivity contribution in [3.8, 4) is 0 Å². The molecular formula is C18H19BrClN3O2. The molecule has 0 fully saturated rings. The lowest BCUT2D eigenvalue weighted by Crippen LogP contribution is -2.27. The topological polar surface area (TPSA) is 61.4 Å². The number of nitrogens with one attached hydrogen (secondary N) is 2. The van der Waals surface area contributed by atoms with Crippen molar-refractivity contribution in [1.82, 2.24) is 5.32 Å². The Morgan fingerprint density at radius 1 is 1.12 bits per heavy atom. The minimum atomic E-state index is -0.211. The normalized spacial score (nSPS) is 10.2. The molecular weight excluding hydrogens is 406 g/mol. The highest BCUT2D eigenvalue weighted by molar-refractivity contribution is 9.10. The maximum Gasteiger partial charge on any atom is 0.251 e. The highest BCUT2D eigenvalue weighted by atomic mass is 79.9. The summed E-state index contributed by atoms with van der Waals surface area (Å²) in [5.74, 6) is -0.404. The van der Waals surface area contributed by atoms with E-state index in [-0.39, 0.29) is 24.8 Å². The largest absolute Gasteiger partial charge is 0.376 e. The summed E-state index contributed by atoms with van der Waals surface area (Å²) in [6.07, 6.45) is 0.168. The van der Waals surface area contributed by atoms with E-state index in [0.29, 0.717) is 16.3 Å². The molecule has 0 spiro atoms. The SMILES string of the molecule is CN(C)c1ccc(Cl)cc1NC(=O)CCNC(=O)c1ccc(Br)cc1. The predicted molar refractivity (Wildman–Crippen MR) is 106 cm³/mol. The van der Waals surface area contributed by atoms with Crippen LogP contribution < -0.4 is 15.5 Å². The van der Waals surface area contributed by atoms with Gasteiger partial charge in [0.25, 0.3) is 5.91 Å². The Morgan fingerprint density at radius 2 is 1.80 bits per heavy atom. The van der Waals surface area contributed by atoms with Crippen LogP contribution in [-0.4, -0.2) is 32.5 Å². The second-order valence-corrected chi connectivity index (χ2v) is 6.97. The molecule has 132 valence electrons. The molecule has 2 aromatic rings. The van der Waals surface area contributed by atoms with Crippen molar-refractivity contribution in [3.63, 3.8) is 0 Å². The zero-order valence-electron chi connectivity index (χ0n) is 14.0. The second-order valence-electron chi connectivity index (χ2n) is 5.62. The number of anilines is 2. The van der Waals surface area contributed by atoms with Crippen molar-refractivity contribution in [2.75, 3.05) is 30.9 Å². The van der Waals surface area contributed by atoms with Gasteiger partial charge in [-0.1, -0.05) is 27.5 Å². The summed E-state index contributed by atoms with van der Waals surface area (Å²) in [6, 6.07) is 12.3. The molecule has 0 atom stereocenters. The highest BCUT2D eigenvalue weighted by Crippen LogP contribution is 2.27. The van der Waals surface area contributed by atoms with E-state index in [0.717, 1.165) is 10.2 Å². The van der Waals surface area contributed by atoms with Gasteiger partial charge >= 0.3 is 0 Å². The number of rotatable bonds is 6. The van der Waals surface area contributed by atoms with Crippen molar-refractivity contribution in [3.05, 3.63) is 57.5 Å². The van der Waals surface area contributed by atoms with Gasteiger partial charge in [0.05, 0.1) is 11.4 Å². The first-order chi connectivity index (χ1) is 11.9. The molecule has 0 aromatic heterocycles. The summed E-state index contributed by atoms with van der Waals surface area (Å²) in [7, 11) is 3.77. The number of carbonyl (C=O) groups excluding carboxylic acids is 2. The van der Waals surface area contributed by atoms with E-state index < -0.39 is 0 Å². The van der Waals surface area contributed by atoms with E-state index in [1.807, 2.05) is 25.1 Å². The minimum Gasteiger partial charge on any atom is -0.376 e. The minimum absolute atomic E-state index is 0.168. The quantitative estimate of drug-likeness (QED) is 0.739. The van der Waals surface area contributed by atoms with Gasteiger partial charge in [0, 0.05) is 42.1 Å². The van der Waals surface area contributed by atoms with Crippen LogP contribution >= 0.6 is 27.5 Å².